The number of nitrogens with one attached hydrogen (secondary N) is 2. The summed E-state index contributed by atoms with van der Waals surface area (Å²) < 4.78 is 2.08. The summed E-state index contributed by atoms with van der Waals surface area (Å²) in [7, 11) is 0. The Hall–Kier alpha value is -1.85. The number of piperidine rings is 1. The molecule has 124 valence electrons. The predicted molar refractivity (Wildman–Crippen MR) is 92.5 cm³/mol. The third-order valence-corrected chi connectivity index (χ3v) is 4.13. The third-order valence-electron chi connectivity index (χ3n) is 4.13. The van der Waals surface area contributed by atoms with Crippen LogP contribution in [0.5, 0.6) is 0 Å². The Balaban J connectivity index is 0.00000192. The maximum Gasteiger partial charge on any atom is 0.223 e. The SMILES string of the molecule is Cl.O=C(NCc1nccn1Cc1ccccc1)C1CCNCC1. The van der Waals surface area contributed by atoms with Crippen LogP contribution in [0.4, 0.5) is 0 Å². The van der Waals surface area contributed by atoms with E-state index in [0.717, 1.165) is 38.3 Å². The van der Waals surface area contributed by atoms with E-state index < -0.39 is 0 Å². The van der Waals surface area contributed by atoms with Gasteiger partial charge in [-0.15, -0.1) is 12.4 Å². The maximum atomic E-state index is 12.2. The second kappa shape index (κ2) is 8.70. The number of hydrogen-bond donors (Lipinski definition) is 2. The van der Waals surface area contributed by atoms with Crippen molar-refractivity contribution in [1.82, 2.24) is 20.2 Å². The number of benzene rings is 1. The molecule has 1 saturated heterocycles. The molecule has 0 radical (unpaired) electrons. The second-order valence-corrected chi connectivity index (χ2v) is 5.70. The lowest BCUT2D eigenvalue weighted by atomic mass is 9.97. The lowest BCUT2D eigenvalue weighted by Gasteiger charge is -2.21. The molecule has 5 nitrogen and oxygen atoms in total. The van der Waals surface area contributed by atoms with Crippen LogP contribution in [0, 0.1) is 5.92 Å². The molecule has 6 heteroatoms. The molecule has 1 aromatic carbocycles. The number of rotatable bonds is 5. The van der Waals surface area contributed by atoms with Crippen molar-refractivity contribution in [3.05, 3.63) is 54.1 Å². The van der Waals surface area contributed by atoms with Crippen LogP contribution in [-0.4, -0.2) is 28.5 Å². The zero-order valence-electron chi connectivity index (χ0n) is 13.1. The molecule has 2 aromatic rings. The molecule has 0 atom stereocenters. The van der Waals surface area contributed by atoms with Gasteiger partial charge in [-0.25, -0.2) is 4.98 Å². The van der Waals surface area contributed by atoms with Gasteiger partial charge in [0.05, 0.1) is 6.54 Å². The molecule has 0 unspecified atom stereocenters. The van der Waals surface area contributed by atoms with Crippen molar-refractivity contribution in [3.8, 4) is 0 Å². The maximum absolute atomic E-state index is 12.2. The topological polar surface area (TPSA) is 59.0 Å². The molecule has 2 heterocycles. The van der Waals surface area contributed by atoms with Crippen LogP contribution < -0.4 is 10.6 Å². The molecule has 1 aromatic heterocycles. The van der Waals surface area contributed by atoms with Crippen molar-refractivity contribution in [2.75, 3.05) is 13.1 Å². The lowest BCUT2D eigenvalue weighted by Crippen LogP contribution is -2.38. The van der Waals surface area contributed by atoms with Crippen LogP contribution in [-0.2, 0) is 17.9 Å². The van der Waals surface area contributed by atoms with Gasteiger partial charge >= 0.3 is 0 Å². The average Bonchev–Trinajstić information content (AvgIpc) is 3.01. The lowest BCUT2D eigenvalue weighted by molar-refractivity contribution is -0.125. The van der Waals surface area contributed by atoms with Gasteiger partial charge in [0.1, 0.15) is 5.82 Å². The highest BCUT2D eigenvalue weighted by Gasteiger charge is 2.20. The van der Waals surface area contributed by atoms with Gasteiger partial charge in [0, 0.05) is 24.9 Å². The van der Waals surface area contributed by atoms with Crippen LogP contribution in [0.3, 0.4) is 0 Å². The van der Waals surface area contributed by atoms with Gasteiger partial charge in [0.15, 0.2) is 0 Å². The Bertz CT molecular complexity index is 608. The van der Waals surface area contributed by atoms with E-state index in [1.54, 1.807) is 6.20 Å². The highest BCUT2D eigenvalue weighted by molar-refractivity contribution is 5.85. The monoisotopic (exact) mass is 334 g/mol. The first-order valence-electron chi connectivity index (χ1n) is 7.85. The normalized spacial score (nSPS) is 15.0. The third kappa shape index (κ3) is 4.81. The molecule has 23 heavy (non-hydrogen) atoms. The summed E-state index contributed by atoms with van der Waals surface area (Å²) in [5, 5.41) is 6.31. The van der Waals surface area contributed by atoms with Crippen molar-refractivity contribution in [2.24, 2.45) is 5.92 Å². The quantitative estimate of drug-likeness (QED) is 0.879. The number of imidazole rings is 1. The Morgan fingerprint density at radius 1 is 1.26 bits per heavy atom. The zero-order chi connectivity index (χ0) is 15.2. The van der Waals surface area contributed by atoms with Crippen molar-refractivity contribution >= 4 is 18.3 Å². The van der Waals surface area contributed by atoms with Gasteiger partial charge in [0.25, 0.3) is 0 Å². The Morgan fingerprint density at radius 2 is 2.00 bits per heavy atom. The highest BCUT2D eigenvalue weighted by Crippen LogP contribution is 2.12. The number of carbonyl (C=O) groups is 1. The van der Waals surface area contributed by atoms with Crippen LogP contribution >= 0.6 is 12.4 Å². The smallest absolute Gasteiger partial charge is 0.223 e. The predicted octanol–water partition coefficient (Wildman–Crippen LogP) is 1.97. The summed E-state index contributed by atoms with van der Waals surface area (Å²) in [5.74, 6) is 1.18. The largest absolute Gasteiger partial charge is 0.349 e. The molecule has 1 aliphatic rings. The summed E-state index contributed by atoms with van der Waals surface area (Å²) in [6.45, 7) is 3.13. The number of halogens is 1. The molecule has 2 N–H and O–H groups in total. The molecule has 0 spiro atoms. The van der Waals surface area contributed by atoms with Crippen LogP contribution in [0.15, 0.2) is 42.7 Å². The summed E-state index contributed by atoms with van der Waals surface area (Å²) in [5.41, 5.74) is 1.23. The van der Waals surface area contributed by atoms with Gasteiger partial charge in [-0.1, -0.05) is 30.3 Å². The molecule has 0 bridgehead atoms. The van der Waals surface area contributed by atoms with E-state index in [1.807, 2.05) is 24.4 Å². The average molecular weight is 335 g/mol. The fourth-order valence-corrected chi connectivity index (χ4v) is 2.83. The van der Waals surface area contributed by atoms with Gasteiger partial charge < -0.3 is 15.2 Å². The summed E-state index contributed by atoms with van der Waals surface area (Å²) in [4.78, 5) is 16.6. The Labute approximate surface area is 142 Å². The molecular weight excluding hydrogens is 312 g/mol. The molecule has 0 aliphatic carbocycles. The van der Waals surface area contributed by atoms with Crippen molar-refractivity contribution in [1.29, 1.82) is 0 Å². The first-order valence-corrected chi connectivity index (χ1v) is 7.85. The van der Waals surface area contributed by atoms with Gasteiger partial charge in [-0.3, -0.25) is 4.79 Å². The van der Waals surface area contributed by atoms with Crippen LogP contribution in [0.2, 0.25) is 0 Å². The Morgan fingerprint density at radius 3 is 2.74 bits per heavy atom. The van der Waals surface area contributed by atoms with Crippen molar-refractivity contribution < 1.29 is 4.79 Å². The fourth-order valence-electron chi connectivity index (χ4n) is 2.83. The first-order chi connectivity index (χ1) is 10.8. The van der Waals surface area contributed by atoms with E-state index >= 15 is 0 Å². The molecular formula is C17H23ClN4O. The standard InChI is InChI=1S/C17H22N4O.ClH/c22-17(15-6-8-18-9-7-15)20-12-16-19-10-11-21(16)13-14-4-2-1-3-5-14;/h1-5,10-11,15,18H,6-9,12-13H2,(H,20,22);1H. The van der Waals surface area contributed by atoms with E-state index in [1.165, 1.54) is 5.56 Å². The van der Waals surface area contributed by atoms with E-state index in [0.29, 0.717) is 6.54 Å². The minimum atomic E-state index is 0. The molecule has 0 saturated carbocycles. The zero-order valence-corrected chi connectivity index (χ0v) is 13.9. The van der Waals surface area contributed by atoms with Gasteiger partial charge in [0.2, 0.25) is 5.91 Å². The minimum absolute atomic E-state index is 0. The second-order valence-electron chi connectivity index (χ2n) is 5.70. The summed E-state index contributed by atoms with van der Waals surface area (Å²) in [6.07, 6.45) is 5.59. The van der Waals surface area contributed by atoms with Gasteiger partial charge in [-0.2, -0.15) is 0 Å². The van der Waals surface area contributed by atoms with E-state index in [9.17, 15) is 4.79 Å². The van der Waals surface area contributed by atoms with E-state index in [-0.39, 0.29) is 24.2 Å². The van der Waals surface area contributed by atoms with E-state index in [4.69, 9.17) is 0 Å². The number of aromatic nitrogens is 2. The van der Waals surface area contributed by atoms with E-state index in [2.05, 4.69) is 32.3 Å². The first kappa shape index (κ1) is 17.5. The molecule has 3 rings (SSSR count). The molecule has 1 amide bonds. The highest BCUT2D eigenvalue weighted by atomic mass is 35.5. The van der Waals surface area contributed by atoms with Crippen molar-refractivity contribution in [2.45, 2.75) is 25.9 Å². The van der Waals surface area contributed by atoms with Gasteiger partial charge in [-0.05, 0) is 31.5 Å². The molecule has 1 fully saturated rings. The summed E-state index contributed by atoms with van der Waals surface area (Å²) in [6, 6.07) is 10.3. The number of amides is 1. The van der Waals surface area contributed by atoms with Crippen LogP contribution in [0.25, 0.3) is 0 Å². The fraction of sp³-hybridized carbons (Fsp3) is 0.412. The van der Waals surface area contributed by atoms with Crippen LogP contribution in [0.1, 0.15) is 24.2 Å². The molecule has 1 aliphatic heterocycles. The summed E-state index contributed by atoms with van der Waals surface area (Å²) >= 11 is 0. The number of hydrogen-bond acceptors (Lipinski definition) is 3. The van der Waals surface area contributed by atoms with Crippen molar-refractivity contribution in [3.63, 3.8) is 0 Å². The Kier molecular flexibility index (Phi) is 6.62. The number of nitrogens with zero attached hydrogens (tertiary/aromatic N) is 2. The number of carbonyl (C=O) groups excluding carboxylic acids is 1. The minimum Gasteiger partial charge on any atom is -0.349 e.